The third kappa shape index (κ3) is 4.85. The average Bonchev–Trinajstić information content (AvgIpc) is 3.46. The van der Waals surface area contributed by atoms with Crippen molar-refractivity contribution in [2.75, 3.05) is 6.61 Å². The van der Waals surface area contributed by atoms with Gasteiger partial charge in [-0.05, 0) is 42.8 Å². The Bertz CT molecular complexity index is 1730. The van der Waals surface area contributed by atoms with Gasteiger partial charge < -0.3 is 9.15 Å². The summed E-state index contributed by atoms with van der Waals surface area (Å²) in [6, 6.07) is 17.3. The fourth-order valence-corrected chi connectivity index (χ4v) is 5.67. The molecule has 0 bridgehead atoms. The molecule has 37 heavy (non-hydrogen) atoms. The van der Waals surface area contributed by atoms with Gasteiger partial charge in [0.2, 0.25) is 0 Å². The fourth-order valence-electron chi connectivity index (χ4n) is 4.14. The molecule has 0 saturated carbocycles. The van der Waals surface area contributed by atoms with Crippen LogP contribution in [0.5, 0.6) is 0 Å². The van der Waals surface area contributed by atoms with Crippen LogP contribution in [0.25, 0.3) is 17.4 Å². The Hall–Kier alpha value is -3.65. The second-order valence-corrected chi connectivity index (χ2v) is 10.1. The molecule has 0 aliphatic carbocycles. The summed E-state index contributed by atoms with van der Waals surface area (Å²) in [7, 11) is 0. The van der Waals surface area contributed by atoms with Crippen molar-refractivity contribution in [1.82, 2.24) is 4.57 Å². The minimum atomic E-state index is -0.683. The zero-order chi connectivity index (χ0) is 26.1. The summed E-state index contributed by atoms with van der Waals surface area (Å²) in [5.74, 6) is 0.481. The van der Waals surface area contributed by atoms with E-state index >= 15 is 0 Å². The molecule has 1 unspecified atom stereocenters. The second-order valence-electron chi connectivity index (χ2n) is 8.21. The van der Waals surface area contributed by atoms with Crippen LogP contribution in [0, 0.1) is 0 Å². The standard InChI is InChI=1S/C28H20Cl2N2O4S/c1-3-13-35-27(34)24-16(2)31-28-32(25(24)17-7-5-4-6-8-17)26(33)23(37-28)15-19-10-12-22(36-19)20-11-9-18(29)14-21(20)30/h3-12,14-15,25H,1,13H2,2H3/b23-15+. The predicted molar refractivity (Wildman–Crippen MR) is 146 cm³/mol. The van der Waals surface area contributed by atoms with E-state index < -0.39 is 12.0 Å². The minimum Gasteiger partial charge on any atom is -0.458 e. The highest BCUT2D eigenvalue weighted by Gasteiger charge is 2.33. The van der Waals surface area contributed by atoms with E-state index in [-0.39, 0.29) is 12.2 Å². The summed E-state index contributed by atoms with van der Waals surface area (Å²) < 4.78 is 13.3. The van der Waals surface area contributed by atoms with Gasteiger partial charge in [-0.3, -0.25) is 9.36 Å². The number of aromatic nitrogens is 1. The lowest BCUT2D eigenvalue weighted by Crippen LogP contribution is -2.39. The molecule has 5 rings (SSSR count). The number of hydrogen-bond donors (Lipinski definition) is 0. The summed E-state index contributed by atoms with van der Waals surface area (Å²) in [6.07, 6.45) is 3.16. The van der Waals surface area contributed by atoms with Gasteiger partial charge in [-0.2, -0.15) is 0 Å². The number of nitrogens with zero attached hydrogens (tertiary/aromatic N) is 2. The van der Waals surface area contributed by atoms with Gasteiger partial charge in [-0.15, -0.1) is 0 Å². The summed E-state index contributed by atoms with van der Waals surface area (Å²) in [5.41, 5.74) is 1.97. The molecule has 1 atom stereocenters. The predicted octanol–water partition coefficient (Wildman–Crippen LogP) is 5.53. The highest BCUT2D eigenvalue weighted by Crippen LogP contribution is 2.32. The number of thiazole rings is 1. The first kappa shape index (κ1) is 25.0. The molecule has 0 radical (unpaired) electrons. The van der Waals surface area contributed by atoms with Crippen molar-refractivity contribution >= 4 is 46.6 Å². The van der Waals surface area contributed by atoms with Crippen molar-refractivity contribution < 1.29 is 13.9 Å². The number of ether oxygens (including phenoxy) is 1. The molecular weight excluding hydrogens is 531 g/mol. The molecule has 186 valence electrons. The van der Waals surface area contributed by atoms with Crippen LogP contribution in [0.15, 0.2) is 98.8 Å². The Kier molecular flexibility index (Phi) is 7.02. The van der Waals surface area contributed by atoms with Crippen molar-refractivity contribution in [2.45, 2.75) is 13.0 Å². The highest BCUT2D eigenvalue weighted by molar-refractivity contribution is 7.07. The highest BCUT2D eigenvalue weighted by atomic mass is 35.5. The lowest BCUT2D eigenvalue weighted by Gasteiger charge is -2.24. The van der Waals surface area contributed by atoms with E-state index in [4.69, 9.17) is 32.4 Å². The first-order valence-corrected chi connectivity index (χ1v) is 12.9. The summed E-state index contributed by atoms with van der Waals surface area (Å²) in [6.45, 7) is 5.40. The van der Waals surface area contributed by atoms with Gasteiger partial charge in [0.25, 0.3) is 5.56 Å². The number of rotatable bonds is 6. The number of fused-ring (bicyclic) bond motifs is 1. The fraction of sp³-hybridized carbons (Fsp3) is 0.107. The van der Waals surface area contributed by atoms with Gasteiger partial charge in [0.1, 0.15) is 18.1 Å². The summed E-state index contributed by atoms with van der Waals surface area (Å²) in [4.78, 5) is 31.8. The molecule has 1 aliphatic heterocycles. The molecular formula is C28H20Cl2N2O4S. The molecule has 2 aromatic heterocycles. The summed E-state index contributed by atoms with van der Waals surface area (Å²) in [5, 5.41) is 0.986. The molecule has 0 saturated heterocycles. The van der Waals surface area contributed by atoms with Crippen molar-refractivity contribution in [3.8, 4) is 11.3 Å². The number of furan rings is 1. The average molecular weight is 551 g/mol. The zero-order valence-corrected chi connectivity index (χ0v) is 21.9. The third-order valence-corrected chi connectivity index (χ3v) is 7.32. The smallest absolute Gasteiger partial charge is 0.338 e. The van der Waals surface area contributed by atoms with Crippen LogP contribution in [-0.4, -0.2) is 17.1 Å². The second kappa shape index (κ2) is 10.4. The van der Waals surface area contributed by atoms with Gasteiger partial charge in [-0.1, -0.05) is 77.5 Å². The Morgan fingerprint density at radius 1 is 1.19 bits per heavy atom. The monoisotopic (exact) mass is 550 g/mol. The molecule has 0 fully saturated rings. The molecule has 0 amide bonds. The Labute approximate surface area is 226 Å². The van der Waals surface area contributed by atoms with Crippen LogP contribution in [0.2, 0.25) is 10.0 Å². The SMILES string of the molecule is C=CCOC(=O)C1=C(C)N=c2s/c(=C/c3ccc(-c4ccc(Cl)cc4Cl)o3)c(=O)n2C1c1ccccc1. The van der Waals surface area contributed by atoms with Crippen molar-refractivity contribution in [3.63, 3.8) is 0 Å². The van der Waals surface area contributed by atoms with Crippen molar-refractivity contribution in [2.24, 2.45) is 4.99 Å². The van der Waals surface area contributed by atoms with Crippen LogP contribution in [-0.2, 0) is 9.53 Å². The number of benzene rings is 2. The molecule has 2 aromatic carbocycles. The number of halogens is 2. The van der Waals surface area contributed by atoms with Crippen LogP contribution in [0.1, 0.15) is 24.3 Å². The van der Waals surface area contributed by atoms with E-state index in [1.54, 1.807) is 43.3 Å². The normalized spacial score (nSPS) is 15.3. The quantitative estimate of drug-likeness (QED) is 0.233. The van der Waals surface area contributed by atoms with Gasteiger partial charge >= 0.3 is 5.97 Å². The van der Waals surface area contributed by atoms with E-state index in [9.17, 15) is 9.59 Å². The van der Waals surface area contributed by atoms with Gasteiger partial charge in [0.05, 0.1) is 26.9 Å². The lowest BCUT2D eigenvalue weighted by molar-refractivity contribution is -0.138. The van der Waals surface area contributed by atoms with Crippen LogP contribution >= 0.6 is 34.5 Å². The Morgan fingerprint density at radius 3 is 2.70 bits per heavy atom. The first-order valence-electron chi connectivity index (χ1n) is 11.3. The number of allylic oxidation sites excluding steroid dienone is 1. The molecule has 1 aliphatic rings. The van der Waals surface area contributed by atoms with Gasteiger partial charge in [0, 0.05) is 16.7 Å². The largest absolute Gasteiger partial charge is 0.458 e. The third-order valence-electron chi connectivity index (χ3n) is 5.79. The van der Waals surface area contributed by atoms with Gasteiger partial charge in [-0.25, -0.2) is 9.79 Å². The molecule has 3 heterocycles. The molecule has 0 N–H and O–H groups in total. The number of carbonyl (C=O) groups is 1. The van der Waals surface area contributed by atoms with E-state index in [2.05, 4.69) is 11.6 Å². The molecule has 9 heteroatoms. The number of hydrogen-bond acceptors (Lipinski definition) is 6. The molecule has 6 nitrogen and oxygen atoms in total. The number of esters is 1. The Morgan fingerprint density at radius 2 is 1.97 bits per heavy atom. The maximum atomic E-state index is 13.7. The van der Waals surface area contributed by atoms with Crippen molar-refractivity contribution in [3.05, 3.63) is 126 Å². The number of carbonyl (C=O) groups excluding carboxylic acids is 1. The maximum Gasteiger partial charge on any atom is 0.338 e. The minimum absolute atomic E-state index is 0.0556. The lowest BCUT2D eigenvalue weighted by atomic mass is 9.96. The van der Waals surface area contributed by atoms with E-state index in [0.29, 0.717) is 47.7 Å². The van der Waals surface area contributed by atoms with Gasteiger partial charge in [0.15, 0.2) is 4.80 Å². The van der Waals surface area contributed by atoms with E-state index in [0.717, 1.165) is 5.56 Å². The zero-order valence-electron chi connectivity index (χ0n) is 19.6. The first-order chi connectivity index (χ1) is 17.9. The van der Waals surface area contributed by atoms with E-state index in [1.807, 2.05) is 30.3 Å². The Balaban J connectivity index is 1.62. The summed E-state index contributed by atoms with van der Waals surface area (Å²) >= 11 is 13.5. The molecule has 4 aromatic rings. The van der Waals surface area contributed by atoms with Crippen molar-refractivity contribution in [1.29, 1.82) is 0 Å². The van der Waals surface area contributed by atoms with E-state index in [1.165, 1.54) is 22.0 Å². The van der Waals surface area contributed by atoms with Crippen LogP contribution < -0.4 is 14.9 Å². The maximum absolute atomic E-state index is 13.7. The van der Waals surface area contributed by atoms with Crippen LogP contribution in [0.3, 0.4) is 0 Å². The topological polar surface area (TPSA) is 73.8 Å². The molecule has 0 spiro atoms. The van der Waals surface area contributed by atoms with Crippen LogP contribution in [0.4, 0.5) is 0 Å².